The van der Waals surface area contributed by atoms with E-state index in [0.717, 1.165) is 16.1 Å². The molecule has 0 aliphatic heterocycles. The Hall–Kier alpha value is -2.57. The second kappa shape index (κ2) is 7.76. The third-order valence-corrected chi connectivity index (χ3v) is 5.02. The molecule has 3 rings (SSSR count). The molecular weight excluding hydrogens is 372 g/mol. The molecule has 0 fully saturated rings. The number of nitrogens with one attached hydrogen (secondary N) is 1. The number of carbonyl (C=O) groups is 1. The predicted molar refractivity (Wildman–Crippen MR) is 105 cm³/mol. The van der Waals surface area contributed by atoms with Crippen molar-refractivity contribution in [2.45, 2.75) is 6.92 Å². The first kappa shape index (κ1) is 18.2. The average Bonchev–Trinajstić information content (AvgIpc) is 3.01. The van der Waals surface area contributed by atoms with Crippen molar-refractivity contribution in [1.29, 1.82) is 0 Å². The number of benzene rings is 2. The van der Waals surface area contributed by atoms with Gasteiger partial charge in [0.05, 0.1) is 30.5 Å². The van der Waals surface area contributed by atoms with E-state index in [1.165, 1.54) is 11.3 Å². The molecule has 0 aliphatic carbocycles. The van der Waals surface area contributed by atoms with E-state index in [1.807, 2.05) is 19.1 Å². The quantitative estimate of drug-likeness (QED) is 0.665. The predicted octanol–water partition coefficient (Wildman–Crippen LogP) is 5.04. The lowest BCUT2D eigenvalue weighted by molar-refractivity contribution is 0.102. The van der Waals surface area contributed by atoms with Gasteiger partial charge in [-0.25, -0.2) is 4.98 Å². The zero-order chi connectivity index (χ0) is 18.7. The molecule has 1 heterocycles. The van der Waals surface area contributed by atoms with E-state index in [1.54, 1.807) is 44.6 Å². The van der Waals surface area contributed by atoms with Crippen LogP contribution in [0.25, 0.3) is 11.3 Å². The van der Waals surface area contributed by atoms with Crippen molar-refractivity contribution >= 4 is 34.0 Å². The topological polar surface area (TPSA) is 60.5 Å². The summed E-state index contributed by atoms with van der Waals surface area (Å²) in [5, 5.41) is 3.71. The second-order valence-corrected chi connectivity index (χ2v) is 7.03. The summed E-state index contributed by atoms with van der Waals surface area (Å²) in [6.07, 6.45) is 0. The third-order valence-electron chi connectivity index (χ3n) is 3.80. The number of amides is 1. The summed E-state index contributed by atoms with van der Waals surface area (Å²) >= 11 is 7.47. The van der Waals surface area contributed by atoms with Gasteiger partial charge in [-0.3, -0.25) is 10.1 Å². The van der Waals surface area contributed by atoms with Gasteiger partial charge in [-0.1, -0.05) is 23.7 Å². The molecule has 0 saturated carbocycles. The minimum atomic E-state index is -0.294. The summed E-state index contributed by atoms with van der Waals surface area (Å²) in [4.78, 5) is 18.0. The number of rotatable bonds is 5. The summed E-state index contributed by atoms with van der Waals surface area (Å²) in [7, 11) is 3.20. The SMILES string of the molecule is COc1ccc(-c2nc(NC(=O)c3ccccc3Cl)sc2C)c(OC)c1. The third kappa shape index (κ3) is 3.66. The van der Waals surface area contributed by atoms with Gasteiger partial charge in [-0.15, -0.1) is 11.3 Å². The van der Waals surface area contributed by atoms with E-state index in [4.69, 9.17) is 21.1 Å². The summed E-state index contributed by atoms with van der Waals surface area (Å²) in [6, 6.07) is 12.4. The molecule has 0 atom stereocenters. The Bertz CT molecular complexity index is 956. The van der Waals surface area contributed by atoms with Crippen LogP contribution < -0.4 is 14.8 Å². The van der Waals surface area contributed by atoms with E-state index in [0.29, 0.717) is 27.2 Å². The molecule has 0 bridgehead atoms. The molecule has 2 aromatic carbocycles. The molecule has 0 aliphatic rings. The van der Waals surface area contributed by atoms with Crippen LogP contribution in [0.2, 0.25) is 5.02 Å². The zero-order valence-corrected chi connectivity index (χ0v) is 16.1. The lowest BCUT2D eigenvalue weighted by atomic mass is 10.1. The van der Waals surface area contributed by atoms with E-state index in [2.05, 4.69) is 10.3 Å². The lowest BCUT2D eigenvalue weighted by Gasteiger charge is -2.09. The number of methoxy groups -OCH3 is 2. The maximum absolute atomic E-state index is 12.4. The highest BCUT2D eigenvalue weighted by Crippen LogP contribution is 2.37. The Morgan fingerprint density at radius 3 is 2.62 bits per heavy atom. The number of aromatic nitrogens is 1. The van der Waals surface area contributed by atoms with Crippen molar-refractivity contribution in [2.24, 2.45) is 0 Å². The average molecular weight is 389 g/mol. The van der Waals surface area contributed by atoms with Crippen molar-refractivity contribution in [3.63, 3.8) is 0 Å². The van der Waals surface area contributed by atoms with Crippen LogP contribution in [-0.4, -0.2) is 25.1 Å². The van der Waals surface area contributed by atoms with Gasteiger partial charge in [0, 0.05) is 16.5 Å². The van der Waals surface area contributed by atoms with Crippen molar-refractivity contribution in [2.75, 3.05) is 19.5 Å². The van der Waals surface area contributed by atoms with E-state index in [-0.39, 0.29) is 5.91 Å². The van der Waals surface area contributed by atoms with Gasteiger partial charge in [-0.2, -0.15) is 0 Å². The molecule has 0 unspecified atom stereocenters. The number of ether oxygens (including phenoxy) is 2. The summed E-state index contributed by atoms with van der Waals surface area (Å²) in [6.45, 7) is 1.95. The smallest absolute Gasteiger partial charge is 0.258 e. The molecule has 3 aromatic rings. The van der Waals surface area contributed by atoms with E-state index in [9.17, 15) is 4.79 Å². The first-order chi connectivity index (χ1) is 12.5. The summed E-state index contributed by atoms with van der Waals surface area (Å²) in [5.41, 5.74) is 2.00. The van der Waals surface area contributed by atoms with Crippen LogP contribution in [0.4, 0.5) is 5.13 Å². The molecule has 134 valence electrons. The largest absolute Gasteiger partial charge is 0.497 e. The van der Waals surface area contributed by atoms with Crippen LogP contribution in [0.5, 0.6) is 11.5 Å². The fourth-order valence-corrected chi connectivity index (χ4v) is 3.55. The highest BCUT2D eigenvalue weighted by molar-refractivity contribution is 7.16. The first-order valence-electron chi connectivity index (χ1n) is 7.79. The second-order valence-electron chi connectivity index (χ2n) is 5.42. The van der Waals surface area contributed by atoms with Gasteiger partial charge in [0.25, 0.3) is 5.91 Å². The monoisotopic (exact) mass is 388 g/mol. The van der Waals surface area contributed by atoms with Crippen LogP contribution in [0.1, 0.15) is 15.2 Å². The Morgan fingerprint density at radius 1 is 1.15 bits per heavy atom. The fraction of sp³-hybridized carbons (Fsp3) is 0.158. The van der Waals surface area contributed by atoms with Crippen LogP contribution >= 0.6 is 22.9 Å². The fourth-order valence-electron chi connectivity index (χ4n) is 2.50. The number of aryl methyl sites for hydroxylation is 1. The number of nitrogens with zero attached hydrogens (tertiary/aromatic N) is 1. The van der Waals surface area contributed by atoms with Gasteiger partial charge in [0.2, 0.25) is 0 Å². The Morgan fingerprint density at radius 2 is 1.92 bits per heavy atom. The Balaban J connectivity index is 1.91. The normalized spacial score (nSPS) is 10.5. The van der Waals surface area contributed by atoms with Gasteiger partial charge in [0.15, 0.2) is 5.13 Å². The standard InChI is InChI=1S/C19H17ClN2O3S/c1-11-17(14-9-8-12(24-2)10-16(14)25-3)21-19(26-11)22-18(23)13-6-4-5-7-15(13)20/h4-10H,1-3H3,(H,21,22,23). The van der Waals surface area contributed by atoms with Crippen molar-refractivity contribution in [3.05, 3.63) is 57.9 Å². The number of thiazole rings is 1. The molecule has 7 heteroatoms. The first-order valence-corrected chi connectivity index (χ1v) is 8.98. The molecular formula is C19H17ClN2O3S. The molecule has 1 aromatic heterocycles. The zero-order valence-electron chi connectivity index (χ0n) is 14.5. The molecule has 0 saturated heterocycles. The Kier molecular flexibility index (Phi) is 5.44. The van der Waals surface area contributed by atoms with E-state index >= 15 is 0 Å². The highest BCUT2D eigenvalue weighted by Gasteiger charge is 2.17. The number of hydrogen-bond donors (Lipinski definition) is 1. The van der Waals surface area contributed by atoms with Crippen LogP contribution in [0, 0.1) is 6.92 Å². The molecule has 1 N–H and O–H groups in total. The lowest BCUT2D eigenvalue weighted by Crippen LogP contribution is -2.12. The molecule has 0 radical (unpaired) electrons. The van der Waals surface area contributed by atoms with Gasteiger partial charge < -0.3 is 9.47 Å². The van der Waals surface area contributed by atoms with Gasteiger partial charge in [-0.05, 0) is 31.2 Å². The molecule has 0 spiro atoms. The minimum absolute atomic E-state index is 0.294. The maximum atomic E-state index is 12.4. The molecule has 26 heavy (non-hydrogen) atoms. The summed E-state index contributed by atoms with van der Waals surface area (Å²) in [5.74, 6) is 1.06. The van der Waals surface area contributed by atoms with Gasteiger partial charge >= 0.3 is 0 Å². The van der Waals surface area contributed by atoms with Crippen LogP contribution in [0.3, 0.4) is 0 Å². The van der Waals surface area contributed by atoms with Crippen molar-refractivity contribution < 1.29 is 14.3 Å². The van der Waals surface area contributed by atoms with Crippen molar-refractivity contribution in [1.82, 2.24) is 4.98 Å². The Labute approximate surface area is 160 Å². The molecule has 1 amide bonds. The number of halogens is 1. The van der Waals surface area contributed by atoms with Crippen LogP contribution in [0.15, 0.2) is 42.5 Å². The van der Waals surface area contributed by atoms with Gasteiger partial charge in [0.1, 0.15) is 11.5 Å². The number of hydrogen-bond acceptors (Lipinski definition) is 5. The maximum Gasteiger partial charge on any atom is 0.258 e. The van der Waals surface area contributed by atoms with E-state index < -0.39 is 0 Å². The van der Waals surface area contributed by atoms with Crippen LogP contribution in [-0.2, 0) is 0 Å². The highest BCUT2D eigenvalue weighted by atomic mass is 35.5. The number of carbonyl (C=O) groups excluding carboxylic acids is 1. The minimum Gasteiger partial charge on any atom is -0.497 e. The number of anilines is 1. The van der Waals surface area contributed by atoms with Crippen molar-refractivity contribution in [3.8, 4) is 22.8 Å². The summed E-state index contributed by atoms with van der Waals surface area (Å²) < 4.78 is 10.7. The molecule has 5 nitrogen and oxygen atoms in total.